The van der Waals surface area contributed by atoms with Gasteiger partial charge in [-0.15, -0.1) is 11.3 Å². The maximum Gasteiger partial charge on any atom is 0.336 e. The molecular formula is C24H24N2O2S. The normalized spacial score (nSPS) is 16.0. The van der Waals surface area contributed by atoms with Crippen LogP contribution in [0.15, 0.2) is 57.7 Å². The van der Waals surface area contributed by atoms with Crippen molar-refractivity contribution < 1.29 is 4.42 Å². The second-order valence-corrected chi connectivity index (χ2v) is 8.91. The first-order valence-electron chi connectivity index (χ1n) is 10.3. The smallest absolute Gasteiger partial charge is 0.336 e. The van der Waals surface area contributed by atoms with Crippen molar-refractivity contribution in [3.8, 4) is 0 Å². The molecule has 1 aliphatic heterocycles. The lowest BCUT2D eigenvalue weighted by Crippen LogP contribution is -2.32. The van der Waals surface area contributed by atoms with Crippen molar-refractivity contribution >= 4 is 32.5 Å². The van der Waals surface area contributed by atoms with Crippen molar-refractivity contribution in [2.24, 2.45) is 0 Å². The highest BCUT2D eigenvalue weighted by molar-refractivity contribution is 7.18. The van der Waals surface area contributed by atoms with Gasteiger partial charge in [0, 0.05) is 23.9 Å². The topological polar surface area (TPSA) is 46.3 Å². The average Bonchev–Trinajstić information content (AvgIpc) is 3.18. The van der Waals surface area contributed by atoms with Gasteiger partial charge in [0.15, 0.2) is 0 Å². The Morgan fingerprint density at radius 3 is 2.76 bits per heavy atom. The highest BCUT2D eigenvalue weighted by Gasteiger charge is 2.24. The number of likely N-dealkylation sites (tertiary alicyclic amines) is 1. The quantitative estimate of drug-likeness (QED) is 0.431. The number of hydrogen-bond acceptors (Lipinski definition) is 5. The summed E-state index contributed by atoms with van der Waals surface area (Å²) in [5, 5.41) is 2.32. The van der Waals surface area contributed by atoms with Crippen LogP contribution in [0, 0.1) is 0 Å². The van der Waals surface area contributed by atoms with Crippen LogP contribution in [-0.4, -0.2) is 23.0 Å². The first-order valence-corrected chi connectivity index (χ1v) is 11.1. The number of aryl methyl sites for hydroxylation is 1. The van der Waals surface area contributed by atoms with Crippen molar-refractivity contribution in [1.29, 1.82) is 0 Å². The molecule has 0 N–H and O–H groups in total. The van der Waals surface area contributed by atoms with Crippen LogP contribution in [0.4, 0.5) is 0 Å². The number of hydrogen-bond donors (Lipinski definition) is 0. The predicted octanol–water partition coefficient (Wildman–Crippen LogP) is 5.34. The summed E-state index contributed by atoms with van der Waals surface area (Å²) in [4.78, 5) is 19.4. The number of fused-ring (bicyclic) bond motifs is 2. The van der Waals surface area contributed by atoms with E-state index >= 15 is 0 Å². The van der Waals surface area contributed by atoms with Gasteiger partial charge in [-0.3, -0.25) is 4.90 Å². The van der Waals surface area contributed by atoms with Gasteiger partial charge in [-0.25, -0.2) is 9.78 Å². The molecule has 0 unspecified atom stereocenters. The molecule has 0 bridgehead atoms. The van der Waals surface area contributed by atoms with Crippen LogP contribution in [-0.2, 0) is 13.0 Å². The molecule has 2 aromatic carbocycles. The van der Waals surface area contributed by atoms with Gasteiger partial charge in [0.25, 0.3) is 0 Å². The molecule has 1 aliphatic rings. The van der Waals surface area contributed by atoms with Crippen LogP contribution in [0.2, 0.25) is 0 Å². The minimum Gasteiger partial charge on any atom is -0.423 e. The summed E-state index contributed by atoms with van der Waals surface area (Å²) >= 11 is 1.83. The highest BCUT2D eigenvalue weighted by atomic mass is 32.1. The summed E-state index contributed by atoms with van der Waals surface area (Å²) in [7, 11) is 0. The maximum atomic E-state index is 12.1. The number of aromatic nitrogens is 1. The molecule has 1 saturated heterocycles. The van der Waals surface area contributed by atoms with E-state index in [-0.39, 0.29) is 5.63 Å². The van der Waals surface area contributed by atoms with Crippen LogP contribution >= 0.6 is 11.3 Å². The van der Waals surface area contributed by atoms with E-state index in [2.05, 4.69) is 48.2 Å². The molecule has 29 heavy (non-hydrogen) atoms. The predicted molar refractivity (Wildman–Crippen MR) is 119 cm³/mol. The molecule has 4 nitrogen and oxygen atoms in total. The van der Waals surface area contributed by atoms with Gasteiger partial charge >= 0.3 is 5.63 Å². The van der Waals surface area contributed by atoms with Gasteiger partial charge < -0.3 is 4.42 Å². The summed E-state index contributed by atoms with van der Waals surface area (Å²) in [5.74, 6) is 0.536. The third-order valence-corrected chi connectivity index (χ3v) is 7.14. The standard InChI is InChI=1S/C24H24N2O2S/c1-2-16-7-8-19-18(14-23(27)28-21(19)13-16)15-26-11-9-17(10-12-26)24-25-20-5-3-4-6-22(20)29-24/h3-8,13-14,17H,2,9-12,15H2,1H3. The second kappa shape index (κ2) is 7.73. The number of piperidine rings is 1. The van der Waals surface area contributed by atoms with Gasteiger partial charge in [-0.1, -0.05) is 31.2 Å². The van der Waals surface area contributed by atoms with E-state index in [0.717, 1.165) is 55.4 Å². The average molecular weight is 405 g/mol. The molecule has 0 radical (unpaired) electrons. The van der Waals surface area contributed by atoms with E-state index in [1.54, 1.807) is 6.07 Å². The van der Waals surface area contributed by atoms with Crippen molar-refractivity contribution in [1.82, 2.24) is 9.88 Å². The molecule has 0 atom stereocenters. The fourth-order valence-corrected chi connectivity index (χ4v) is 5.41. The molecule has 148 valence electrons. The van der Waals surface area contributed by atoms with Crippen LogP contribution in [0.25, 0.3) is 21.2 Å². The van der Waals surface area contributed by atoms with Crippen molar-refractivity contribution in [3.63, 3.8) is 0 Å². The van der Waals surface area contributed by atoms with Gasteiger partial charge in [0.2, 0.25) is 0 Å². The number of benzene rings is 2. The second-order valence-electron chi connectivity index (χ2n) is 7.84. The number of rotatable bonds is 4. The Morgan fingerprint density at radius 1 is 1.14 bits per heavy atom. The molecule has 5 rings (SSSR count). The Hall–Kier alpha value is -2.50. The van der Waals surface area contributed by atoms with Gasteiger partial charge in [0.1, 0.15) is 5.58 Å². The van der Waals surface area contributed by atoms with E-state index in [0.29, 0.717) is 11.5 Å². The van der Waals surface area contributed by atoms with Gasteiger partial charge in [-0.05, 0) is 61.7 Å². The summed E-state index contributed by atoms with van der Waals surface area (Å²) < 4.78 is 6.73. The SMILES string of the molecule is CCc1ccc2c(CN3CCC(c4nc5ccccc5s4)CC3)cc(=O)oc2c1. The first-order chi connectivity index (χ1) is 14.2. The molecule has 0 amide bonds. The minimum absolute atomic E-state index is 0.259. The zero-order chi connectivity index (χ0) is 19.8. The zero-order valence-corrected chi connectivity index (χ0v) is 17.4. The largest absolute Gasteiger partial charge is 0.423 e. The van der Waals surface area contributed by atoms with Gasteiger partial charge in [0.05, 0.1) is 15.2 Å². The van der Waals surface area contributed by atoms with Crippen LogP contribution in [0.1, 0.15) is 41.8 Å². The van der Waals surface area contributed by atoms with Crippen molar-refractivity contribution in [3.05, 3.63) is 75.1 Å². The molecule has 0 aliphatic carbocycles. The molecule has 0 saturated carbocycles. The monoisotopic (exact) mass is 404 g/mol. The first kappa shape index (κ1) is 18.5. The fraction of sp³-hybridized carbons (Fsp3) is 0.333. The Morgan fingerprint density at radius 2 is 1.97 bits per heavy atom. The van der Waals surface area contributed by atoms with E-state index in [4.69, 9.17) is 9.40 Å². The lowest BCUT2D eigenvalue weighted by molar-refractivity contribution is 0.205. The molecule has 2 aromatic heterocycles. The number of para-hydroxylation sites is 1. The van der Waals surface area contributed by atoms with E-state index in [1.807, 2.05) is 17.4 Å². The summed E-state index contributed by atoms with van der Waals surface area (Å²) in [6.07, 6.45) is 3.15. The lowest BCUT2D eigenvalue weighted by atomic mass is 9.97. The van der Waals surface area contributed by atoms with Gasteiger partial charge in [-0.2, -0.15) is 0 Å². The molecule has 1 fully saturated rings. The molecule has 0 spiro atoms. The Labute approximate surface area is 173 Å². The lowest BCUT2D eigenvalue weighted by Gasteiger charge is -2.31. The molecule has 4 aromatic rings. The van der Waals surface area contributed by atoms with Crippen LogP contribution in [0.3, 0.4) is 0 Å². The van der Waals surface area contributed by atoms with E-state index in [1.165, 1.54) is 15.3 Å². The summed E-state index contributed by atoms with van der Waals surface area (Å²) in [6, 6.07) is 16.3. The van der Waals surface area contributed by atoms with E-state index in [9.17, 15) is 4.79 Å². The fourth-order valence-electron chi connectivity index (χ4n) is 4.27. The minimum atomic E-state index is -0.259. The highest BCUT2D eigenvalue weighted by Crippen LogP contribution is 2.34. The molecule has 5 heteroatoms. The third-order valence-electron chi connectivity index (χ3n) is 5.94. The summed E-state index contributed by atoms with van der Waals surface area (Å²) in [6.45, 7) is 4.95. The summed E-state index contributed by atoms with van der Waals surface area (Å²) in [5.41, 5.74) is 3.82. The van der Waals surface area contributed by atoms with Crippen molar-refractivity contribution in [2.75, 3.05) is 13.1 Å². The molecular weight excluding hydrogens is 380 g/mol. The van der Waals surface area contributed by atoms with E-state index < -0.39 is 0 Å². The maximum absolute atomic E-state index is 12.1. The van der Waals surface area contributed by atoms with Crippen molar-refractivity contribution in [2.45, 2.75) is 38.6 Å². The Balaban J connectivity index is 1.32. The number of nitrogens with zero attached hydrogens (tertiary/aromatic N) is 2. The number of thiazole rings is 1. The van der Waals surface area contributed by atoms with Crippen LogP contribution < -0.4 is 5.63 Å². The Bertz CT molecular complexity index is 1190. The Kier molecular flexibility index (Phi) is 4.94. The van der Waals surface area contributed by atoms with Crippen LogP contribution in [0.5, 0.6) is 0 Å². The molecule has 3 heterocycles. The third kappa shape index (κ3) is 3.72. The zero-order valence-electron chi connectivity index (χ0n) is 16.6.